The summed E-state index contributed by atoms with van der Waals surface area (Å²) in [5, 5.41) is 8.24. The van der Waals surface area contributed by atoms with Crippen molar-refractivity contribution >= 4 is 29.2 Å². The maximum absolute atomic E-state index is 6.49. The molecule has 1 aromatic carbocycles. The molecule has 0 bridgehead atoms. The molecule has 1 saturated carbocycles. The van der Waals surface area contributed by atoms with E-state index < -0.39 is 0 Å². The van der Waals surface area contributed by atoms with Gasteiger partial charge < -0.3 is 10.6 Å². The van der Waals surface area contributed by atoms with Crippen LogP contribution in [0.25, 0.3) is 0 Å². The minimum absolute atomic E-state index is 0.0900. The van der Waals surface area contributed by atoms with Crippen LogP contribution in [-0.4, -0.2) is 25.6 Å². The van der Waals surface area contributed by atoms with Crippen LogP contribution >= 0.6 is 23.2 Å². The zero-order valence-corrected chi connectivity index (χ0v) is 13.6. The molecule has 0 atom stereocenters. The van der Waals surface area contributed by atoms with E-state index in [9.17, 15) is 0 Å². The Morgan fingerprint density at radius 2 is 2.00 bits per heavy atom. The average Bonchev–Trinajstić information content (AvgIpc) is 2.99. The fourth-order valence-corrected chi connectivity index (χ4v) is 4.07. The molecule has 1 heterocycles. The maximum atomic E-state index is 6.49. The van der Waals surface area contributed by atoms with Crippen LogP contribution in [0.2, 0.25) is 10.0 Å². The molecule has 1 fully saturated rings. The van der Waals surface area contributed by atoms with Crippen LogP contribution < -0.4 is 10.6 Å². The summed E-state index contributed by atoms with van der Waals surface area (Å²) in [6.45, 7) is 2.66. The zero-order chi connectivity index (χ0) is 14.7. The highest BCUT2D eigenvalue weighted by Crippen LogP contribution is 2.42. The predicted molar refractivity (Wildman–Crippen MR) is 89.5 cm³/mol. The second-order valence-electron chi connectivity index (χ2n) is 5.98. The van der Waals surface area contributed by atoms with E-state index in [1.165, 1.54) is 24.8 Å². The fourth-order valence-electron chi connectivity index (χ4n) is 3.46. The van der Waals surface area contributed by atoms with Crippen molar-refractivity contribution in [3.05, 3.63) is 33.8 Å². The third kappa shape index (κ3) is 3.29. The van der Waals surface area contributed by atoms with E-state index >= 15 is 0 Å². The van der Waals surface area contributed by atoms with E-state index in [0.717, 1.165) is 43.5 Å². The first kappa shape index (κ1) is 15.0. The molecule has 21 heavy (non-hydrogen) atoms. The number of rotatable bonds is 3. The summed E-state index contributed by atoms with van der Waals surface area (Å²) in [6.07, 6.45) is 6.14. The minimum atomic E-state index is 0.0900. The van der Waals surface area contributed by atoms with Gasteiger partial charge in [0.2, 0.25) is 0 Å². The van der Waals surface area contributed by atoms with Gasteiger partial charge in [-0.25, -0.2) is 0 Å². The second kappa shape index (κ2) is 6.45. The molecular weight excluding hydrogens is 305 g/mol. The number of guanidine groups is 1. The van der Waals surface area contributed by atoms with E-state index in [1.807, 2.05) is 12.1 Å². The quantitative estimate of drug-likeness (QED) is 0.888. The third-order valence-electron chi connectivity index (χ3n) is 4.58. The van der Waals surface area contributed by atoms with Crippen molar-refractivity contribution < 1.29 is 0 Å². The largest absolute Gasteiger partial charge is 0.356 e. The fraction of sp³-hybridized carbons (Fsp3) is 0.562. The highest BCUT2D eigenvalue weighted by Gasteiger charge is 2.35. The van der Waals surface area contributed by atoms with Crippen LogP contribution in [-0.2, 0) is 5.41 Å². The lowest BCUT2D eigenvalue weighted by Gasteiger charge is -2.39. The Hall–Kier alpha value is -0.930. The molecule has 0 saturated heterocycles. The first-order valence-electron chi connectivity index (χ1n) is 7.67. The van der Waals surface area contributed by atoms with Crippen LogP contribution in [0.4, 0.5) is 0 Å². The van der Waals surface area contributed by atoms with E-state index in [-0.39, 0.29) is 5.41 Å². The summed E-state index contributed by atoms with van der Waals surface area (Å²) in [5.74, 6) is 0.921. The van der Waals surface area contributed by atoms with Crippen molar-refractivity contribution in [3.63, 3.8) is 0 Å². The monoisotopic (exact) mass is 325 g/mol. The van der Waals surface area contributed by atoms with Crippen molar-refractivity contribution in [3.8, 4) is 0 Å². The second-order valence-corrected chi connectivity index (χ2v) is 6.82. The summed E-state index contributed by atoms with van der Waals surface area (Å²) >= 11 is 12.5. The van der Waals surface area contributed by atoms with Crippen LogP contribution in [0.1, 0.15) is 37.7 Å². The third-order valence-corrected chi connectivity index (χ3v) is 5.13. The van der Waals surface area contributed by atoms with Crippen LogP contribution in [0.3, 0.4) is 0 Å². The normalized spacial score (nSPS) is 20.8. The SMILES string of the molecule is Clc1ccc(C2(CNC3=NCCN3)CCCCC2)c(Cl)c1. The highest BCUT2D eigenvalue weighted by atomic mass is 35.5. The Morgan fingerprint density at radius 1 is 1.19 bits per heavy atom. The van der Waals surface area contributed by atoms with Crippen LogP contribution in [0, 0.1) is 0 Å². The Labute approximate surface area is 136 Å². The van der Waals surface area contributed by atoms with Gasteiger partial charge >= 0.3 is 0 Å². The molecule has 0 unspecified atom stereocenters. The molecule has 0 aromatic heterocycles. The molecule has 0 amide bonds. The molecule has 2 aliphatic rings. The van der Waals surface area contributed by atoms with Gasteiger partial charge in [0.15, 0.2) is 5.96 Å². The molecule has 1 aromatic rings. The van der Waals surface area contributed by atoms with E-state index in [4.69, 9.17) is 23.2 Å². The first-order valence-corrected chi connectivity index (χ1v) is 8.43. The minimum Gasteiger partial charge on any atom is -0.356 e. The smallest absolute Gasteiger partial charge is 0.191 e. The standard InChI is InChI=1S/C16H21Cl2N3/c17-12-4-5-13(14(18)10-12)16(6-2-1-3-7-16)11-21-15-19-8-9-20-15/h4-5,10H,1-3,6-9,11H2,(H2,19,20,21). The van der Waals surface area contributed by atoms with Gasteiger partial charge in [-0.15, -0.1) is 0 Å². The van der Waals surface area contributed by atoms with Crippen molar-refractivity contribution in [1.82, 2.24) is 10.6 Å². The highest BCUT2D eigenvalue weighted by molar-refractivity contribution is 6.35. The van der Waals surface area contributed by atoms with Crippen molar-refractivity contribution in [2.45, 2.75) is 37.5 Å². The van der Waals surface area contributed by atoms with E-state index in [0.29, 0.717) is 5.02 Å². The lowest BCUT2D eigenvalue weighted by molar-refractivity contribution is 0.291. The molecule has 0 spiro atoms. The Bertz CT molecular complexity index is 536. The van der Waals surface area contributed by atoms with Gasteiger partial charge in [-0.05, 0) is 30.5 Å². The van der Waals surface area contributed by atoms with Gasteiger partial charge in [0.05, 0.1) is 6.54 Å². The molecule has 1 aliphatic carbocycles. The first-order chi connectivity index (χ1) is 10.2. The maximum Gasteiger partial charge on any atom is 0.191 e. The summed E-state index contributed by atoms with van der Waals surface area (Å²) < 4.78 is 0. The van der Waals surface area contributed by atoms with Gasteiger partial charge in [0.1, 0.15) is 0 Å². The molecular formula is C16H21Cl2N3. The van der Waals surface area contributed by atoms with Gasteiger partial charge in [0, 0.05) is 28.5 Å². The lowest BCUT2D eigenvalue weighted by Crippen LogP contribution is -2.45. The zero-order valence-electron chi connectivity index (χ0n) is 12.1. The number of benzene rings is 1. The van der Waals surface area contributed by atoms with Gasteiger partial charge in [-0.2, -0.15) is 0 Å². The molecule has 5 heteroatoms. The summed E-state index contributed by atoms with van der Waals surface area (Å²) in [6, 6.07) is 5.91. The number of aliphatic imine (C=N–C) groups is 1. The van der Waals surface area contributed by atoms with E-state index in [2.05, 4.69) is 21.7 Å². The van der Waals surface area contributed by atoms with Crippen molar-refractivity contribution in [1.29, 1.82) is 0 Å². The van der Waals surface area contributed by atoms with Gasteiger partial charge in [-0.1, -0.05) is 48.5 Å². The molecule has 0 radical (unpaired) electrons. The summed E-state index contributed by atoms with van der Waals surface area (Å²) in [5.41, 5.74) is 1.31. The molecule has 1 aliphatic heterocycles. The molecule has 2 N–H and O–H groups in total. The summed E-state index contributed by atoms with van der Waals surface area (Å²) in [7, 11) is 0. The molecule has 3 nitrogen and oxygen atoms in total. The predicted octanol–water partition coefficient (Wildman–Crippen LogP) is 3.74. The number of hydrogen-bond acceptors (Lipinski definition) is 3. The number of hydrogen-bond donors (Lipinski definition) is 2. The Morgan fingerprint density at radius 3 is 2.67 bits per heavy atom. The Kier molecular flexibility index (Phi) is 4.60. The molecule has 114 valence electrons. The average molecular weight is 326 g/mol. The number of nitrogens with one attached hydrogen (secondary N) is 2. The van der Waals surface area contributed by atoms with Crippen LogP contribution in [0.5, 0.6) is 0 Å². The van der Waals surface area contributed by atoms with Gasteiger partial charge in [0.25, 0.3) is 0 Å². The number of halogens is 2. The summed E-state index contributed by atoms with van der Waals surface area (Å²) in [4.78, 5) is 4.42. The van der Waals surface area contributed by atoms with E-state index in [1.54, 1.807) is 0 Å². The number of nitrogens with zero attached hydrogens (tertiary/aromatic N) is 1. The Balaban J connectivity index is 1.84. The van der Waals surface area contributed by atoms with Crippen molar-refractivity contribution in [2.24, 2.45) is 4.99 Å². The molecule has 3 rings (SSSR count). The van der Waals surface area contributed by atoms with Crippen LogP contribution in [0.15, 0.2) is 23.2 Å². The topological polar surface area (TPSA) is 36.4 Å². The lowest BCUT2D eigenvalue weighted by atomic mass is 9.69. The van der Waals surface area contributed by atoms with Gasteiger partial charge in [-0.3, -0.25) is 4.99 Å². The van der Waals surface area contributed by atoms with Crippen molar-refractivity contribution in [2.75, 3.05) is 19.6 Å².